The summed E-state index contributed by atoms with van der Waals surface area (Å²) in [5.74, 6) is 0. The van der Waals surface area contributed by atoms with Gasteiger partial charge >= 0.3 is 0 Å². The molecule has 0 radical (unpaired) electrons. The summed E-state index contributed by atoms with van der Waals surface area (Å²) in [6.07, 6.45) is 0. The van der Waals surface area contributed by atoms with E-state index in [-0.39, 0.29) is 4.50 Å². The Morgan fingerprint density at radius 3 is 2.43 bits per heavy atom. The second-order valence-corrected chi connectivity index (χ2v) is 2.83. The summed E-state index contributed by atoms with van der Waals surface area (Å²) < 4.78 is 11.5. The van der Waals surface area contributed by atoms with Crippen molar-refractivity contribution in [3.05, 3.63) is 0 Å². The van der Waals surface area contributed by atoms with Crippen LogP contribution in [-0.4, -0.2) is 10.0 Å². The van der Waals surface area contributed by atoms with Gasteiger partial charge in [-0.2, -0.15) is 0 Å². The van der Waals surface area contributed by atoms with Crippen LogP contribution in [0.2, 0.25) is 0 Å². The molecule has 0 bridgehead atoms. The van der Waals surface area contributed by atoms with Crippen LogP contribution in [0.4, 0.5) is 4.39 Å². The lowest BCUT2D eigenvalue weighted by Gasteiger charge is -1.92. The maximum Gasteiger partial charge on any atom is 0.158 e. The van der Waals surface area contributed by atoms with Crippen molar-refractivity contribution in [3.8, 4) is 0 Å². The Kier molecular flexibility index (Phi) is 3.38. The summed E-state index contributed by atoms with van der Waals surface area (Å²) in [7, 11) is 0. The first kappa shape index (κ1) is 7.24. The molecule has 0 aliphatic carbocycles. The van der Waals surface area contributed by atoms with Gasteiger partial charge in [0.25, 0.3) is 0 Å². The third-order valence-electron chi connectivity index (χ3n) is 0.266. The molecule has 0 saturated carbocycles. The van der Waals surface area contributed by atoms with Gasteiger partial charge in [0.2, 0.25) is 0 Å². The molecule has 0 amide bonds. The molecule has 0 rings (SSSR count). The number of hydrogen-bond donors (Lipinski definition) is 1. The van der Waals surface area contributed by atoms with E-state index in [0.29, 0.717) is 11.8 Å². The molecule has 4 heteroatoms. The van der Waals surface area contributed by atoms with Gasteiger partial charge in [-0.3, -0.25) is 5.41 Å². The van der Waals surface area contributed by atoms with E-state index in [1.807, 2.05) is 0 Å². The minimum absolute atomic E-state index is 0.199. The largest absolute Gasteiger partial charge is 0.283 e. The number of nitrogens with one attached hydrogen (secondary N) is 1. The van der Waals surface area contributed by atoms with Crippen molar-refractivity contribution in [1.29, 1.82) is 5.41 Å². The molecule has 1 unspecified atom stereocenters. The summed E-state index contributed by atoms with van der Waals surface area (Å²) >= 11 is 5.67. The molecular formula is C3H5ClFNS. The van der Waals surface area contributed by atoms with E-state index in [2.05, 4.69) is 0 Å². The van der Waals surface area contributed by atoms with Crippen LogP contribution < -0.4 is 0 Å². The molecule has 0 aliphatic rings. The monoisotopic (exact) mass is 141 g/mol. The first-order valence-electron chi connectivity index (χ1n) is 1.67. The number of hydrogen-bond acceptors (Lipinski definition) is 2. The summed E-state index contributed by atoms with van der Waals surface area (Å²) in [5.41, 5.74) is -1.06. The van der Waals surface area contributed by atoms with E-state index in [4.69, 9.17) is 17.0 Å². The fourth-order valence-corrected chi connectivity index (χ4v) is 0.796. The van der Waals surface area contributed by atoms with E-state index >= 15 is 0 Å². The number of rotatable bonds is 1. The van der Waals surface area contributed by atoms with Crippen LogP contribution in [0.15, 0.2) is 0 Å². The van der Waals surface area contributed by atoms with Gasteiger partial charge in [0, 0.05) is 0 Å². The number of halogens is 2. The van der Waals surface area contributed by atoms with Crippen molar-refractivity contribution in [1.82, 2.24) is 0 Å². The van der Waals surface area contributed by atoms with Crippen molar-refractivity contribution in [3.63, 3.8) is 0 Å². The fourth-order valence-electron chi connectivity index (χ4n) is 0.143. The molecule has 0 aromatic carbocycles. The van der Waals surface area contributed by atoms with E-state index in [1.54, 1.807) is 0 Å². The molecule has 1 N–H and O–H groups in total. The minimum atomic E-state index is -1.06. The molecular weight excluding hydrogens is 137 g/mol. The second kappa shape index (κ2) is 3.27. The quantitative estimate of drug-likeness (QED) is 0.439. The normalized spacial score (nSPS) is 13.6. The highest BCUT2D eigenvalue weighted by atomic mass is 35.5. The van der Waals surface area contributed by atoms with E-state index in [0.717, 1.165) is 0 Å². The predicted octanol–water partition coefficient (Wildman–Crippen LogP) is 2.21. The Labute approximate surface area is 50.7 Å². The van der Waals surface area contributed by atoms with Crippen LogP contribution in [0.5, 0.6) is 0 Å². The molecule has 0 aromatic heterocycles. The van der Waals surface area contributed by atoms with Gasteiger partial charge in [-0.25, -0.2) is 4.39 Å². The summed E-state index contributed by atoms with van der Waals surface area (Å²) in [5, 5.41) is 6.51. The van der Waals surface area contributed by atoms with Crippen molar-refractivity contribution >= 4 is 27.9 Å². The fraction of sp³-hybridized carbons (Fsp3) is 0.667. The van der Waals surface area contributed by atoms with Gasteiger partial charge in [-0.15, -0.1) is 0 Å². The maximum atomic E-state index is 11.7. The Hall–Kier alpha value is 0.240. The van der Waals surface area contributed by atoms with Crippen molar-refractivity contribution < 1.29 is 4.39 Å². The highest BCUT2D eigenvalue weighted by Gasteiger charge is 1.98. The van der Waals surface area contributed by atoms with Gasteiger partial charge in [0.15, 0.2) is 4.50 Å². The standard InChI is InChI=1S/C3H5ClFNS/c1-2(5)7-3(4)6/h2,6H,1H3. The number of thioether (sulfide) groups is 1. The average molecular weight is 142 g/mol. The first-order chi connectivity index (χ1) is 3.13. The van der Waals surface area contributed by atoms with Crippen LogP contribution in [0.1, 0.15) is 6.92 Å². The molecule has 1 nitrogen and oxygen atoms in total. The maximum absolute atomic E-state index is 11.7. The first-order valence-corrected chi connectivity index (χ1v) is 2.93. The molecule has 0 spiro atoms. The van der Waals surface area contributed by atoms with Gasteiger partial charge in [0.05, 0.1) is 0 Å². The van der Waals surface area contributed by atoms with Crippen LogP contribution in [-0.2, 0) is 0 Å². The zero-order chi connectivity index (χ0) is 5.86. The Morgan fingerprint density at radius 1 is 2.00 bits per heavy atom. The van der Waals surface area contributed by atoms with E-state index < -0.39 is 5.50 Å². The topological polar surface area (TPSA) is 23.9 Å². The molecule has 0 fully saturated rings. The highest BCUT2D eigenvalue weighted by molar-refractivity contribution is 8.17. The smallest absolute Gasteiger partial charge is 0.158 e. The van der Waals surface area contributed by atoms with E-state index in [1.165, 1.54) is 6.92 Å². The molecule has 0 aliphatic heterocycles. The predicted molar refractivity (Wildman–Crippen MR) is 31.7 cm³/mol. The Bertz CT molecular complexity index is 75.3. The lowest BCUT2D eigenvalue weighted by Crippen LogP contribution is -1.85. The molecule has 7 heavy (non-hydrogen) atoms. The highest BCUT2D eigenvalue weighted by Crippen LogP contribution is 2.13. The Balaban J connectivity index is 3.13. The van der Waals surface area contributed by atoms with Gasteiger partial charge in [-0.1, -0.05) is 23.4 Å². The lowest BCUT2D eigenvalue weighted by atomic mass is 10.9. The molecule has 1 atom stereocenters. The third kappa shape index (κ3) is 6.24. The van der Waals surface area contributed by atoms with Crippen LogP contribution in [0, 0.1) is 5.41 Å². The van der Waals surface area contributed by atoms with Crippen molar-refractivity contribution in [2.75, 3.05) is 0 Å². The van der Waals surface area contributed by atoms with Crippen LogP contribution in [0.25, 0.3) is 0 Å². The number of alkyl halides is 1. The van der Waals surface area contributed by atoms with Gasteiger partial charge in [-0.05, 0) is 6.92 Å². The summed E-state index contributed by atoms with van der Waals surface area (Å²) in [6.45, 7) is 1.33. The van der Waals surface area contributed by atoms with E-state index in [9.17, 15) is 4.39 Å². The molecule has 0 saturated heterocycles. The van der Waals surface area contributed by atoms with Crippen LogP contribution >= 0.6 is 23.4 Å². The molecule has 0 heterocycles. The average Bonchev–Trinajstić information content (AvgIpc) is 1.27. The third-order valence-corrected chi connectivity index (χ3v) is 1.06. The Morgan fingerprint density at radius 2 is 2.43 bits per heavy atom. The SMILES string of the molecule is CC(F)SC(=N)Cl. The summed E-state index contributed by atoms with van der Waals surface area (Å²) in [4.78, 5) is 0. The zero-order valence-electron chi connectivity index (χ0n) is 3.74. The minimum Gasteiger partial charge on any atom is -0.283 e. The van der Waals surface area contributed by atoms with Crippen molar-refractivity contribution in [2.45, 2.75) is 12.4 Å². The van der Waals surface area contributed by atoms with Crippen molar-refractivity contribution in [2.24, 2.45) is 0 Å². The lowest BCUT2D eigenvalue weighted by molar-refractivity contribution is 0.485. The van der Waals surface area contributed by atoms with Gasteiger partial charge < -0.3 is 0 Å². The zero-order valence-corrected chi connectivity index (χ0v) is 5.31. The molecule has 0 aromatic rings. The van der Waals surface area contributed by atoms with Gasteiger partial charge in [0.1, 0.15) is 5.50 Å². The van der Waals surface area contributed by atoms with Crippen LogP contribution in [0.3, 0.4) is 0 Å². The molecule has 42 valence electrons. The summed E-state index contributed by atoms with van der Waals surface area (Å²) in [6, 6.07) is 0. The second-order valence-electron chi connectivity index (χ2n) is 0.935.